The van der Waals surface area contributed by atoms with Crippen molar-refractivity contribution in [3.8, 4) is 0 Å². The Bertz CT molecular complexity index is 79.1. The first kappa shape index (κ1) is 8.43. The molecule has 1 N–H and O–H groups in total. The molecule has 0 heterocycles. The fourth-order valence-corrected chi connectivity index (χ4v) is 0.634. The maximum absolute atomic E-state index is 8.05. The molecule has 0 aromatic rings. The van der Waals surface area contributed by atoms with Gasteiger partial charge in [-0.2, -0.15) is 0 Å². The fourth-order valence-electron chi connectivity index (χ4n) is 0.634. The molecule has 0 spiro atoms. The van der Waals surface area contributed by atoms with Crippen LogP contribution in [0.1, 0.15) is 13.8 Å². The Kier molecular flexibility index (Phi) is 5.21. The minimum Gasteiger partial charge on any atom is -0.411 e. The molecule has 9 heavy (non-hydrogen) atoms. The average Bonchev–Trinajstić information content (AvgIpc) is 1.91. The molecule has 0 aliphatic rings. The molecule has 3 heteroatoms. The topological polar surface area (TPSA) is 35.8 Å². The molecule has 0 aromatic carbocycles. The van der Waals surface area contributed by atoms with Gasteiger partial charge in [-0.05, 0) is 13.1 Å². The van der Waals surface area contributed by atoms with Crippen molar-refractivity contribution < 1.29 is 5.21 Å². The van der Waals surface area contributed by atoms with Gasteiger partial charge in [0, 0.05) is 6.54 Å². The van der Waals surface area contributed by atoms with Crippen LogP contribution in [0, 0.1) is 0 Å². The second-order valence-corrected chi connectivity index (χ2v) is 1.78. The first-order chi connectivity index (χ1) is 4.35. The van der Waals surface area contributed by atoms with Gasteiger partial charge in [-0.15, -0.1) is 5.16 Å². The van der Waals surface area contributed by atoms with E-state index in [1.165, 1.54) is 6.21 Å². The van der Waals surface area contributed by atoms with Crippen LogP contribution in [0.15, 0.2) is 5.16 Å². The first-order valence-electron chi connectivity index (χ1n) is 3.23. The van der Waals surface area contributed by atoms with Crippen LogP contribution in [0.5, 0.6) is 0 Å². The lowest BCUT2D eigenvalue weighted by atomic mass is 10.5. The van der Waals surface area contributed by atoms with Gasteiger partial charge in [-0.1, -0.05) is 13.8 Å². The zero-order chi connectivity index (χ0) is 7.11. The largest absolute Gasteiger partial charge is 0.411 e. The van der Waals surface area contributed by atoms with E-state index in [0.29, 0.717) is 0 Å². The summed E-state index contributed by atoms with van der Waals surface area (Å²) < 4.78 is 0. The molecule has 0 bridgehead atoms. The molecule has 0 aliphatic heterocycles. The van der Waals surface area contributed by atoms with Crippen LogP contribution in [0.2, 0.25) is 0 Å². The number of rotatable bonds is 4. The molecule has 0 saturated carbocycles. The van der Waals surface area contributed by atoms with Crippen molar-refractivity contribution in [2.45, 2.75) is 13.8 Å². The molecule has 0 rings (SSSR count). The molecular weight excluding hydrogens is 116 g/mol. The molecular formula is C6H14N2O. The first-order valence-corrected chi connectivity index (χ1v) is 3.23. The summed E-state index contributed by atoms with van der Waals surface area (Å²) in [4.78, 5) is 2.15. The molecule has 0 atom stereocenters. The van der Waals surface area contributed by atoms with Gasteiger partial charge in [0.25, 0.3) is 0 Å². The lowest BCUT2D eigenvalue weighted by Gasteiger charge is -2.13. The molecule has 0 aliphatic carbocycles. The molecule has 54 valence electrons. The van der Waals surface area contributed by atoms with E-state index >= 15 is 0 Å². The number of hydrogen-bond acceptors (Lipinski definition) is 3. The van der Waals surface area contributed by atoms with Gasteiger partial charge in [0.05, 0.1) is 6.21 Å². The van der Waals surface area contributed by atoms with E-state index in [0.717, 1.165) is 19.6 Å². The zero-order valence-corrected chi connectivity index (χ0v) is 6.04. The third-order valence-corrected chi connectivity index (χ3v) is 1.32. The summed E-state index contributed by atoms with van der Waals surface area (Å²) in [6.45, 7) is 6.90. The summed E-state index contributed by atoms with van der Waals surface area (Å²) in [6.07, 6.45) is 1.49. The van der Waals surface area contributed by atoms with Crippen LogP contribution >= 0.6 is 0 Å². The van der Waals surface area contributed by atoms with Gasteiger partial charge < -0.3 is 5.21 Å². The van der Waals surface area contributed by atoms with Crippen molar-refractivity contribution in [3.05, 3.63) is 0 Å². The SMILES string of the molecule is CCN(CC)C/C=N/O. The van der Waals surface area contributed by atoms with Crippen LogP contribution in [0.4, 0.5) is 0 Å². The smallest absolute Gasteiger partial charge is 0.0576 e. The van der Waals surface area contributed by atoms with Crippen LogP contribution in [-0.2, 0) is 0 Å². The minimum atomic E-state index is 0.740. The maximum Gasteiger partial charge on any atom is 0.0576 e. The number of oxime groups is 1. The molecule has 0 radical (unpaired) electrons. The highest BCUT2D eigenvalue weighted by Gasteiger charge is 1.92. The van der Waals surface area contributed by atoms with Crippen LogP contribution < -0.4 is 0 Å². The number of nitrogens with zero attached hydrogens (tertiary/aromatic N) is 2. The van der Waals surface area contributed by atoms with Crippen LogP contribution in [0.3, 0.4) is 0 Å². The third kappa shape index (κ3) is 3.97. The van der Waals surface area contributed by atoms with Gasteiger partial charge in [0.15, 0.2) is 0 Å². The Morgan fingerprint density at radius 1 is 1.44 bits per heavy atom. The van der Waals surface area contributed by atoms with E-state index < -0.39 is 0 Å². The van der Waals surface area contributed by atoms with Crippen molar-refractivity contribution in [1.82, 2.24) is 4.90 Å². The Morgan fingerprint density at radius 3 is 2.33 bits per heavy atom. The molecule has 0 saturated heterocycles. The predicted octanol–water partition coefficient (Wildman–Crippen LogP) is 0.788. The van der Waals surface area contributed by atoms with E-state index in [9.17, 15) is 0 Å². The highest BCUT2D eigenvalue weighted by molar-refractivity contribution is 5.58. The maximum atomic E-state index is 8.05. The van der Waals surface area contributed by atoms with Gasteiger partial charge in [-0.25, -0.2) is 0 Å². The standard InChI is InChI=1S/C6H14N2O/c1-3-8(4-2)6-5-7-9/h5,9H,3-4,6H2,1-2H3/b7-5+. The van der Waals surface area contributed by atoms with Gasteiger partial charge in [0.2, 0.25) is 0 Å². The highest BCUT2D eigenvalue weighted by Crippen LogP contribution is 1.81. The van der Waals surface area contributed by atoms with Crippen molar-refractivity contribution in [2.75, 3.05) is 19.6 Å². The summed E-state index contributed by atoms with van der Waals surface area (Å²) >= 11 is 0. The van der Waals surface area contributed by atoms with E-state index in [1.807, 2.05) is 0 Å². The summed E-state index contributed by atoms with van der Waals surface area (Å²) in [7, 11) is 0. The molecule has 3 nitrogen and oxygen atoms in total. The molecule has 0 aromatic heterocycles. The van der Waals surface area contributed by atoms with E-state index in [4.69, 9.17) is 5.21 Å². The van der Waals surface area contributed by atoms with Crippen molar-refractivity contribution in [2.24, 2.45) is 5.16 Å². The lowest BCUT2D eigenvalue weighted by molar-refractivity contribution is 0.309. The Hall–Kier alpha value is -0.570. The van der Waals surface area contributed by atoms with Crippen molar-refractivity contribution >= 4 is 6.21 Å². The summed E-state index contributed by atoms with van der Waals surface area (Å²) in [5, 5.41) is 11.0. The lowest BCUT2D eigenvalue weighted by Crippen LogP contribution is -2.24. The minimum absolute atomic E-state index is 0.740. The zero-order valence-electron chi connectivity index (χ0n) is 6.04. The van der Waals surface area contributed by atoms with Crippen LogP contribution in [0.25, 0.3) is 0 Å². The monoisotopic (exact) mass is 130 g/mol. The van der Waals surface area contributed by atoms with Crippen molar-refractivity contribution in [3.63, 3.8) is 0 Å². The average molecular weight is 130 g/mol. The predicted molar refractivity (Wildman–Crippen MR) is 38.1 cm³/mol. The highest BCUT2D eigenvalue weighted by atomic mass is 16.4. The van der Waals surface area contributed by atoms with Gasteiger partial charge >= 0.3 is 0 Å². The Morgan fingerprint density at radius 2 is 2.00 bits per heavy atom. The Labute approximate surface area is 56.0 Å². The van der Waals surface area contributed by atoms with E-state index in [-0.39, 0.29) is 0 Å². The van der Waals surface area contributed by atoms with Crippen LogP contribution in [-0.4, -0.2) is 36.0 Å². The molecule has 0 amide bonds. The fraction of sp³-hybridized carbons (Fsp3) is 0.833. The van der Waals surface area contributed by atoms with E-state index in [1.54, 1.807) is 0 Å². The van der Waals surface area contributed by atoms with E-state index in [2.05, 4.69) is 23.9 Å². The van der Waals surface area contributed by atoms with Gasteiger partial charge in [-0.3, -0.25) is 4.90 Å². The summed E-state index contributed by atoms with van der Waals surface area (Å²) in [6, 6.07) is 0. The third-order valence-electron chi connectivity index (χ3n) is 1.32. The normalized spacial score (nSPS) is 11.4. The molecule has 0 unspecified atom stereocenters. The Balaban J connectivity index is 3.31. The van der Waals surface area contributed by atoms with Crippen molar-refractivity contribution in [1.29, 1.82) is 0 Å². The van der Waals surface area contributed by atoms with Gasteiger partial charge in [0.1, 0.15) is 0 Å². The quantitative estimate of drug-likeness (QED) is 0.347. The second-order valence-electron chi connectivity index (χ2n) is 1.78. The number of hydrogen-bond donors (Lipinski definition) is 1. The molecule has 0 fully saturated rings. The summed E-state index contributed by atoms with van der Waals surface area (Å²) in [5.41, 5.74) is 0. The summed E-state index contributed by atoms with van der Waals surface area (Å²) in [5.74, 6) is 0. The second kappa shape index (κ2) is 5.56.